The number of nitrogens with zero attached hydrogens (tertiary/aromatic N) is 3. The summed E-state index contributed by atoms with van der Waals surface area (Å²) in [6.45, 7) is 2.55. The van der Waals surface area contributed by atoms with Crippen LogP contribution < -0.4 is 5.32 Å². The third-order valence-corrected chi connectivity index (χ3v) is 8.27. The number of amides is 2. The van der Waals surface area contributed by atoms with Crippen LogP contribution in [0.1, 0.15) is 9.67 Å². The van der Waals surface area contributed by atoms with Crippen LogP contribution in [-0.2, 0) is 4.79 Å². The molecule has 1 aliphatic heterocycles. The second-order valence-corrected chi connectivity index (χ2v) is 10.6. The lowest BCUT2D eigenvalue weighted by Gasteiger charge is -2.34. The van der Waals surface area contributed by atoms with Crippen molar-refractivity contribution in [1.29, 1.82) is 0 Å². The first-order valence-corrected chi connectivity index (χ1v) is 13.1. The summed E-state index contributed by atoms with van der Waals surface area (Å²) in [5.41, 5.74) is 1.86. The Morgan fingerprint density at radius 2 is 1.79 bits per heavy atom. The molecule has 2 aromatic heterocycles. The van der Waals surface area contributed by atoms with Crippen LogP contribution in [-0.4, -0.2) is 59.3 Å². The highest BCUT2D eigenvalue weighted by molar-refractivity contribution is 7.21. The first kappa shape index (κ1) is 23.3. The molecule has 4 aromatic rings. The van der Waals surface area contributed by atoms with Gasteiger partial charge in [0.2, 0.25) is 5.91 Å². The second kappa shape index (κ2) is 10.0. The van der Waals surface area contributed by atoms with Gasteiger partial charge >= 0.3 is 0 Å². The van der Waals surface area contributed by atoms with Crippen molar-refractivity contribution in [2.24, 2.45) is 0 Å². The number of aromatic nitrogens is 1. The minimum atomic E-state index is -0.113. The van der Waals surface area contributed by atoms with Crippen LogP contribution >= 0.6 is 45.9 Å². The SMILES string of the molecule is O=C(CN1CCN(C(=O)c2sc3cc(Cl)ccc3c2Cl)CC1)Nc1nc(-c2ccccc2)cs1. The van der Waals surface area contributed by atoms with Gasteiger partial charge in [-0.3, -0.25) is 14.5 Å². The summed E-state index contributed by atoms with van der Waals surface area (Å²) in [5.74, 6) is -0.194. The molecule has 1 fully saturated rings. The van der Waals surface area contributed by atoms with Gasteiger partial charge in [0.25, 0.3) is 5.91 Å². The number of benzene rings is 2. The molecule has 0 saturated carbocycles. The average Bonchev–Trinajstić information content (AvgIpc) is 3.44. The van der Waals surface area contributed by atoms with E-state index in [-0.39, 0.29) is 18.4 Å². The zero-order valence-electron chi connectivity index (χ0n) is 18.0. The molecule has 34 heavy (non-hydrogen) atoms. The van der Waals surface area contributed by atoms with Crippen molar-refractivity contribution in [1.82, 2.24) is 14.8 Å². The molecule has 10 heteroatoms. The summed E-state index contributed by atoms with van der Waals surface area (Å²) in [4.78, 5) is 34.5. The van der Waals surface area contributed by atoms with Gasteiger partial charge in [-0.1, -0.05) is 59.6 Å². The molecule has 1 saturated heterocycles. The fourth-order valence-corrected chi connectivity index (χ4v) is 6.36. The predicted molar refractivity (Wildman–Crippen MR) is 140 cm³/mol. The van der Waals surface area contributed by atoms with E-state index in [2.05, 4.69) is 10.3 Å². The molecule has 2 amide bonds. The highest BCUT2D eigenvalue weighted by Crippen LogP contribution is 2.37. The van der Waals surface area contributed by atoms with E-state index in [0.717, 1.165) is 21.3 Å². The maximum atomic E-state index is 13.1. The lowest BCUT2D eigenvalue weighted by molar-refractivity contribution is -0.117. The van der Waals surface area contributed by atoms with E-state index in [1.165, 1.54) is 22.7 Å². The largest absolute Gasteiger partial charge is 0.335 e. The van der Waals surface area contributed by atoms with Gasteiger partial charge in [0.1, 0.15) is 4.88 Å². The van der Waals surface area contributed by atoms with Crippen LogP contribution in [0.4, 0.5) is 5.13 Å². The van der Waals surface area contributed by atoms with Gasteiger partial charge in [0.05, 0.1) is 17.3 Å². The number of thiophene rings is 1. The Labute approximate surface area is 214 Å². The zero-order valence-corrected chi connectivity index (χ0v) is 21.1. The Kier molecular flexibility index (Phi) is 6.85. The number of thiazole rings is 1. The summed E-state index contributed by atoms with van der Waals surface area (Å²) in [7, 11) is 0. The number of halogens is 2. The Bertz CT molecular complexity index is 1350. The van der Waals surface area contributed by atoms with Crippen LogP contribution in [0.5, 0.6) is 0 Å². The molecule has 1 aliphatic rings. The molecular formula is C24H20Cl2N4O2S2. The standard InChI is InChI=1S/C24H20Cl2N4O2S2/c25-16-6-7-17-19(12-16)34-22(21(17)26)23(32)30-10-8-29(9-11-30)13-20(31)28-24-27-18(14-33-24)15-4-2-1-3-5-15/h1-7,12,14H,8-11,13H2,(H,27,28,31). The number of carbonyl (C=O) groups is 2. The Hall–Kier alpha value is -2.49. The second-order valence-electron chi connectivity index (χ2n) is 7.91. The first-order valence-electron chi connectivity index (χ1n) is 10.7. The highest BCUT2D eigenvalue weighted by atomic mass is 35.5. The van der Waals surface area contributed by atoms with Crippen molar-refractivity contribution >= 4 is 72.9 Å². The number of nitrogens with one attached hydrogen (secondary N) is 1. The molecule has 174 valence electrons. The van der Waals surface area contributed by atoms with Crippen LogP contribution in [0.2, 0.25) is 10.0 Å². The molecule has 0 spiro atoms. The van der Waals surface area contributed by atoms with E-state index >= 15 is 0 Å². The van der Waals surface area contributed by atoms with E-state index in [0.29, 0.717) is 46.2 Å². The van der Waals surface area contributed by atoms with Crippen molar-refractivity contribution in [2.75, 3.05) is 38.0 Å². The van der Waals surface area contributed by atoms with Crippen molar-refractivity contribution in [3.05, 3.63) is 68.8 Å². The van der Waals surface area contributed by atoms with Crippen LogP contribution in [0.15, 0.2) is 53.9 Å². The maximum Gasteiger partial charge on any atom is 0.265 e. The Morgan fingerprint density at radius 1 is 1.03 bits per heavy atom. The van der Waals surface area contributed by atoms with Gasteiger partial charge in [0, 0.05) is 52.2 Å². The van der Waals surface area contributed by atoms with Gasteiger partial charge < -0.3 is 10.2 Å². The van der Waals surface area contributed by atoms with Crippen LogP contribution in [0, 0.1) is 0 Å². The smallest absolute Gasteiger partial charge is 0.265 e. The number of carbonyl (C=O) groups excluding carboxylic acids is 2. The third kappa shape index (κ3) is 4.96. The average molecular weight is 531 g/mol. The molecule has 0 atom stereocenters. The number of rotatable bonds is 5. The van der Waals surface area contributed by atoms with Crippen LogP contribution in [0.3, 0.4) is 0 Å². The summed E-state index contributed by atoms with van der Waals surface area (Å²) < 4.78 is 0.897. The third-order valence-electron chi connectivity index (χ3n) is 5.63. The molecule has 0 bridgehead atoms. The molecule has 3 heterocycles. The Morgan fingerprint density at radius 3 is 2.56 bits per heavy atom. The van der Waals surface area contributed by atoms with E-state index in [9.17, 15) is 9.59 Å². The zero-order chi connectivity index (χ0) is 23.7. The molecule has 0 unspecified atom stereocenters. The van der Waals surface area contributed by atoms with Crippen LogP contribution in [0.25, 0.3) is 21.3 Å². The van der Waals surface area contributed by atoms with Gasteiger partial charge in [-0.25, -0.2) is 4.98 Å². The summed E-state index contributed by atoms with van der Waals surface area (Å²) >= 11 is 15.3. The number of piperazine rings is 1. The highest BCUT2D eigenvalue weighted by Gasteiger charge is 2.27. The van der Waals surface area contributed by atoms with E-state index < -0.39 is 0 Å². The van der Waals surface area contributed by atoms with E-state index in [1.54, 1.807) is 11.0 Å². The van der Waals surface area contributed by atoms with Gasteiger partial charge in [-0.15, -0.1) is 22.7 Å². The number of fused-ring (bicyclic) bond motifs is 1. The summed E-state index contributed by atoms with van der Waals surface area (Å²) in [5, 5.41) is 7.33. The van der Waals surface area contributed by atoms with Crippen molar-refractivity contribution in [2.45, 2.75) is 0 Å². The lowest BCUT2D eigenvalue weighted by Crippen LogP contribution is -2.50. The molecule has 5 rings (SSSR count). The molecule has 0 radical (unpaired) electrons. The Balaban J connectivity index is 1.15. The van der Waals surface area contributed by atoms with Gasteiger partial charge in [-0.05, 0) is 12.1 Å². The van der Waals surface area contributed by atoms with Crippen molar-refractivity contribution in [3.8, 4) is 11.3 Å². The molecule has 0 aliphatic carbocycles. The number of hydrogen-bond donors (Lipinski definition) is 1. The first-order chi connectivity index (χ1) is 16.5. The minimum absolute atomic E-state index is 0.0809. The van der Waals surface area contributed by atoms with E-state index in [1.807, 2.05) is 52.7 Å². The monoisotopic (exact) mass is 530 g/mol. The summed E-state index contributed by atoms with van der Waals surface area (Å²) in [6.07, 6.45) is 0. The molecule has 2 aromatic carbocycles. The number of anilines is 1. The van der Waals surface area contributed by atoms with Gasteiger partial charge in [-0.2, -0.15) is 0 Å². The van der Waals surface area contributed by atoms with Crippen molar-refractivity contribution in [3.63, 3.8) is 0 Å². The number of hydrogen-bond acceptors (Lipinski definition) is 6. The molecule has 1 N–H and O–H groups in total. The summed E-state index contributed by atoms with van der Waals surface area (Å²) in [6, 6.07) is 15.3. The van der Waals surface area contributed by atoms with Crippen molar-refractivity contribution < 1.29 is 9.59 Å². The minimum Gasteiger partial charge on any atom is -0.335 e. The molecular weight excluding hydrogens is 511 g/mol. The topological polar surface area (TPSA) is 65.5 Å². The maximum absolute atomic E-state index is 13.1. The lowest BCUT2D eigenvalue weighted by atomic mass is 10.2. The van der Waals surface area contributed by atoms with E-state index in [4.69, 9.17) is 23.2 Å². The predicted octanol–water partition coefficient (Wildman–Crippen LogP) is 5.73. The fourth-order valence-electron chi connectivity index (χ4n) is 3.86. The quantitative estimate of drug-likeness (QED) is 0.358. The molecule has 6 nitrogen and oxygen atoms in total. The fraction of sp³-hybridized carbons (Fsp3) is 0.208. The normalized spacial score (nSPS) is 14.5. The van der Waals surface area contributed by atoms with Gasteiger partial charge in [0.15, 0.2) is 5.13 Å².